The molecule has 0 radical (unpaired) electrons. The summed E-state index contributed by atoms with van der Waals surface area (Å²) in [5, 5.41) is 5.47. The SMILES string of the molecule is CCC1CN(C(=O)c2sccc2Br)C(CC)CN1. The lowest BCUT2D eigenvalue weighted by Crippen LogP contribution is -2.57. The molecule has 1 N–H and O–H groups in total. The molecule has 100 valence electrons. The first-order valence-corrected chi connectivity index (χ1v) is 8.12. The van der Waals surface area contributed by atoms with Crippen LogP contribution in [0.1, 0.15) is 36.4 Å². The van der Waals surface area contributed by atoms with Crippen LogP contribution in [0.5, 0.6) is 0 Å². The molecule has 0 bridgehead atoms. The largest absolute Gasteiger partial charge is 0.332 e. The van der Waals surface area contributed by atoms with Crippen molar-refractivity contribution in [2.75, 3.05) is 13.1 Å². The molecule has 2 heterocycles. The fourth-order valence-electron chi connectivity index (χ4n) is 2.33. The number of thiophene rings is 1. The van der Waals surface area contributed by atoms with E-state index in [1.54, 1.807) is 0 Å². The summed E-state index contributed by atoms with van der Waals surface area (Å²) in [5.41, 5.74) is 0. The summed E-state index contributed by atoms with van der Waals surface area (Å²) in [6.45, 7) is 6.03. The highest BCUT2D eigenvalue weighted by Crippen LogP contribution is 2.26. The van der Waals surface area contributed by atoms with Crippen molar-refractivity contribution in [3.63, 3.8) is 0 Å². The smallest absolute Gasteiger partial charge is 0.265 e. The van der Waals surface area contributed by atoms with E-state index in [0.29, 0.717) is 12.1 Å². The molecule has 1 aliphatic heterocycles. The summed E-state index contributed by atoms with van der Waals surface area (Å²) < 4.78 is 0.916. The molecule has 2 unspecified atom stereocenters. The number of nitrogens with zero attached hydrogens (tertiary/aromatic N) is 1. The van der Waals surface area contributed by atoms with Crippen molar-refractivity contribution < 1.29 is 4.79 Å². The molecule has 0 saturated carbocycles. The maximum Gasteiger partial charge on any atom is 0.265 e. The maximum atomic E-state index is 12.6. The summed E-state index contributed by atoms with van der Waals surface area (Å²) in [6, 6.07) is 2.68. The highest BCUT2D eigenvalue weighted by Gasteiger charge is 2.31. The topological polar surface area (TPSA) is 32.3 Å². The third kappa shape index (κ3) is 2.78. The van der Waals surface area contributed by atoms with Crippen LogP contribution < -0.4 is 5.32 Å². The number of rotatable bonds is 3. The van der Waals surface area contributed by atoms with Crippen LogP contribution in [0, 0.1) is 0 Å². The fraction of sp³-hybridized carbons (Fsp3) is 0.615. The lowest BCUT2D eigenvalue weighted by atomic mass is 10.0. The first-order chi connectivity index (χ1) is 8.67. The molecule has 1 aromatic rings. The zero-order valence-electron chi connectivity index (χ0n) is 10.8. The van der Waals surface area contributed by atoms with E-state index >= 15 is 0 Å². The van der Waals surface area contributed by atoms with Crippen molar-refractivity contribution in [2.45, 2.75) is 38.8 Å². The number of amides is 1. The van der Waals surface area contributed by atoms with E-state index in [1.165, 1.54) is 11.3 Å². The average molecular weight is 331 g/mol. The van der Waals surface area contributed by atoms with Gasteiger partial charge >= 0.3 is 0 Å². The second-order valence-electron chi connectivity index (χ2n) is 4.63. The molecule has 0 aliphatic carbocycles. The predicted octanol–water partition coefficient (Wildman–Crippen LogP) is 3.11. The molecule has 1 fully saturated rings. The molecule has 0 spiro atoms. The lowest BCUT2D eigenvalue weighted by Gasteiger charge is -2.39. The minimum absolute atomic E-state index is 0.170. The number of nitrogens with one attached hydrogen (secondary N) is 1. The van der Waals surface area contributed by atoms with Gasteiger partial charge in [0.1, 0.15) is 4.88 Å². The zero-order chi connectivity index (χ0) is 13.1. The van der Waals surface area contributed by atoms with Crippen molar-refractivity contribution in [3.8, 4) is 0 Å². The van der Waals surface area contributed by atoms with Gasteiger partial charge in [0.25, 0.3) is 5.91 Å². The van der Waals surface area contributed by atoms with E-state index in [-0.39, 0.29) is 5.91 Å². The minimum Gasteiger partial charge on any atom is -0.332 e. The molecule has 1 aromatic heterocycles. The van der Waals surface area contributed by atoms with E-state index in [0.717, 1.165) is 35.3 Å². The molecular formula is C13H19BrN2OS. The Labute approximate surface area is 121 Å². The number of hydrogen-bond donors (Lipinski definition) is 1. The van der Waals surface area contributed by atoms with Crippen LogP contribution in [-0.2, 0) is 0 Å². The summed E-state index contributed by atoms with van der Waals surface area (Å²) in [6.07, 6.45) is 2.06. The van der Waals surface area contributed by atoms with Crippen molar-refractivity contribution in [3.05, 3.63) is 20.8 Å². The van der Waals surface area contributed by atoms with Gasteiger partial charge in [0.2, 0.25) is 0 Å². The van der Waals surface area contributed by atoms with Gasteiger partial charge < -0.3 is 10.2 Å². The summed E-state index contributed by atoms with van der Waals surface area (Å²) in [7, 11) is 0. The van der Waals surface area contributed by atoms with E-state index < -0.39 is 0 Å². The van der Waals surface area contributed by atoms with E-state index in [4.69, 9.17) is 0 Å². The minimum atomic E-state index is 0.170. The molecule has 18 heavy (non-hydrogen) atoms. The van der Waals surface area contributed by atoms with Crippen LogP contribution in [0.25, 0.3) is 0 Å². The Balaban J connectivity index is 2.17. The highest BCUT2D eigenvalue weighted by molar-refractivity contribution is 9.10. The Hall–Kier alpha value is -0.390. The molecule has 1 aliphatic rings. The predicted molar refractivity (Wildman–Crippen MR) is 79.2 cm³/mol. The Morgan fingerprint density at radius 3 is 2.89 bits per heavy atom. The number of halogens is 1. The summed E-state index contributed by atoms with van der Waals surface area (Å²) in [5.74, 6) is 0.170. The number of carbonyl (C=O) groups is 1. The Morgan fingerprint density at radius 2 is 2.33 bits per heavy atom. The maximum absolute atomic E-state index is 12.6. The van der Waals surface area contributed by atoms with Crippen molar-refractivity contribution >= 4 is 33.2 Å². The van der Waals surface area contributed by atoms with Crippen LogP contribution in [0.15, 0.2) is 15.9 Å². The van der Waals surface area contributed by atoms with Gasteiger partial charge in [-0.05, 0) is 40.2 Å². The normalized spacial score (nSPS) is 24.3. The van der Waals surface area contributed by atoms with Gasteiger partial charge in [-0.25, -0.2) is 0 Å². The molecule has 2 rings (SSSR count). The van der Waals surface area contributed by atoms with Crippen LogP contribution in [-0.4, -0.2) is 36.0 Å². The first kappa shape index (κ1) is 14.0. The third-order valence-electron chi connectivity index (χ3n) is 3.54. The van der Waals surface area contributed by atoms with Gasteiger partial charge in [0.15, 0.2) is 0 Å². The van der Waals surface area contributed by atoms with E-state index in [9.17, 15) is 4.79 Å². The molecule has 1 saturated heterocycles. The number of hydrogen-bond acceptors (Lipinski definition) is 3. The van der Waals surface area contributed by atoms with Crippen molar-refractivity contribution in [1.82, 2.24) is 10.2 Å². The second-order valence-corrected chi connectivity index (χ2v) is 6.40. The number of piperazine rings is 1. The number of carbonyl (C=O) groups excluding carboxylic acids is 1. The fourth-order valence-corrected chi connectivity index (χ4v) is 3.82. The van der Waals surface area contributed by atoms with Crippen molar-refractivity contribution in [2.24, 2.45) is 0 Å². The molecule has 0 aromatic carbocycles. The molecule has 2 atom stereocenters. The van der Waals surface area contributed by atoms with E-state index in [2.05, 4.69) is 35.1 Å². The quantitative estimate of drug-likeness (QED) is 0.923. The van der Waals surface area contributed by atoms with Crippen LogP contribution in [0.2, 0.25) is 0 Å². The monoisotopic (exact) mass is 330 g/mol. The highest BCUT2D eigenvalue weighted by atomic mass is 79.9. The molecule has 1 amide bonds. The average Bonchev–Trinajstić information content (AvgIpc) is 2.83. The van der Waals surface area contributed by atoms with E-state index in [1.807, 2.05) is 16.3 Å². The zero-order valence-corrected chi connectivity index (χ0v) is 13.2. The molecular weight excluding hydrogens is 312 g/mol. The van der Waals surface area contributed by atoms with Gasteiger partial charge in [-0.1, -0.05) is 13.8 Å². The van der Waals surface area contributed by atoms with Crippen molar-refractivity contribution in [1.29, 1.82) is 0 Å². The van der Waals surface area contributed by atoms with Crippen LogP contribution in [0.3, 0.4) is 0 Å². The van der Waals surface area contributed by atoms with Gasteiger partial charge in [-0.15, -0.1) is 11.3 Å². The second kappa shape index (κ2) is 6.17. The molecule has 3 nitrogen and oxygen atoms in total. The van der Waals surface area contributed by atoms with Crippen LogP contribution >= 0.6 is 27.3 Å². The van der Waals surface area contributed by atoms with Gasteiger partial charge in [0, 0.05) is 29.6 Å². The summed E-state index contributed by atoms with van der Waals surface area (Å²) in [4.78, 5) is 15.5. The Kier molecular flexibility index (Phi) is 4.81. The summed E-state index contributed by atoms with van der Waals surface area (Å²) >= 11 is 4.97. The van der Waals surface area contributed by atoms with Crippen LogP contribution in [0.4, 0.5) is 0 Å². The Morgan fingerprint density at radius 1 is 1.56 bits per heavy atom. The third-order valence-corrected chi connectivity index (χ3v) is 5.36. The standard InChI is InChI=1S/C13H19BrN2OS/c1-3-9-8-16(10(4-2)7-15-9)13(17)12-11(14)5-6-18-12/h5-6,9-10,15H,3-4,7-8H2,1-2H3. The van der Waals surface area contributed by atoms with Gasteiger partial charge in [0.05, 0.1) is 0 Å². The molecule has 5 heteroatoms. The first-order valence-electron chi connectivity index (χ1n) is 6.44. The Bertz CT molecular complexity index is 421. The van der Waals surface area contributed by atoms with Gasteiger partial charge in [-0.3, -0.25) is 4.79 Å². The van der Waals surface area contributed by atoms with Gasteiger partial charge in [-0.2, -0.15) is 0 Å². The lowest BCUT2D eigenvalue weighted by molar-refractivity contribution is 0.0580.